The third-order valence-corrected chi connectivity index (χ3v) is 5.25. The Morgan fingerprint density at radius 1 is 0.857 bits per heavy atom. The Morgan fingerprint density at radius 2 is 1.54 bits per heavy atom. The van der Waals surface area contributed by atoms with Gasteiger partial charge in [0.1, 0.15) is 17.2 Å². The Balaban J connectivity index is 1.56. The van der Waals surface area contributed by atoms with E-state index in [1.54, 1.807) is 61.7 Å². The Bertz CT molecular complexity index is 1360. The Morgan fingerprint density at radius 3 is 2.26 bits per heavy atom. The highest BCUT2D eigenvalue weighted by molar-refractivity contribution is 6.04. The fourth-order valence-electron chi connectivity index (χ4n) is 3.47. The van der Waals surface area contributed by atoms with E-state index in [1.165, 1.54) is 6.21 Å². The highest BCUT2D eigenvalue weighted by atomic mass is 16.5. The number of amides is 1. The molecule has 176 valence electrons. The van der Waals surface area contributed by atoms with Gasteiger partial charge in [0.2, 0.25) is 0 Å². The van der Waals surface area contributed by atoms with E-state index >= 15 is 0 Å². The number of fused-ring (bicyclic) bond motifs is 1. The quantitative estimate of drug-likeness (QED) is 0.166. The number of carbonyl (C=O) groups excluding carboxylic acids is 2. The highest BCUT2D eigenvalue weighted by Gasteiger charge is 2.14. The van der Waals surface area contributed by atoms with Crippen molar-refractivity contribution >= 4 is 28.9 Å². The van der Waals surface area contributed by atoms with Crippen molar-refractivity contribution in [2.45, 2.75) is 6.92 Å². The van der Waals surface area contributed by atoms with Gasteiger partial charge in [0.15, 0.2) is 0 Å². The van der Waals surface area contributed by atoms with E-state index in [0.29, 0.717) is 40.5 Å². The van der Waals surface area contributed by atoms with Gasteiger partial charge in [-0.05, 0) is 72.3 Å². The maximum absolute atomic E-state index is 12.8. The number of hydrogen-bond donors (Lipinski definition) is 1. The largest absolute Gasteiger partial charge is 0.497 e. The zero-order chi connectivity index (χ0) is 24.6. The average Bonchev–Trinajstić information content (AvgIpc) is 2.90. The van der Waals surface area contributed by atoms with Crippen LogP contribution in [-0.2, 0) is 0 Å². The van der Waals surface area contributed by atoms with Crippen LogP contribution in [0.25, 0.3) is 10.8 Å². The molecular weight excluding hydrogens is 444 g/mol. The lowest BCUT2D eigenvalue weighted by Crippen LogP contribution is -2.17. The molecule has 0 heterocycles. The van der Waals surface area contributed by atoms with Gasteiger partial charge in [0.05, 0.1) is 25.5 Å². The zero-order valence-corrected chi connectivity index (χ0v) is 19.4. The molecule has 0 aliphatic carbocycles. The second kappa shape index (κ2) is 11.0. The molecule has 0 aromatic heterocycles. The minimum absolute atomic E-state index is 0.323. The van der Waals surface area contributed by atoms with Crippen molar-refractivity contribution in [3.8, 4) is 17.2 Å². The van der Waals surface area contributed by atoms with Crippen LogP contribution >= 0.6 is 0 Å². The maximum Gasteiger partial charge on any atom is 0.343 e. The molecule has 0 radical (unpaired) electrons. The summed E-state index contributed by atoms with van der Waals surface area (Å²) in [7, 11) is 1.56. The minimum atomic E-state index is -0.518. The Kier molecular flexibility index (Phi) is 7.37. The van der Waals surface area contributed by atoms with E-state index < -0.39 is 5.97 Å². The number of rotatable bonds is 8. The van der Waals surface area contributed by atoms with Crippen LogP contribution < -0.4 is 19.6 Å². The molecule has 0 atom stereocenters. The van der Waals surface area contributed by atoms with Crippen molar-refractivity contribution in [3.63, 3.8) is 0 Å². The van der Waals surface area contributed by atoms with Crippen LogP contribution in [0.1, 0.15) is 33.2 Å². The van der Waals surface area contributed by atoms with Crippen LogP contribution in [0.4, 0.5) is 0 Å². The maximum atomic E-state index is 12.8. The molecule has 35 heavy (non-hydrogen) atoms. The Labute approximate surface area is 202 Å². The van der Waals surface area contributed by atoms with Crippen molar-refractivity contribution in [2.24, 2.45) is 5.10 Å². The van der Waals surface area contributed by atoms with Crippen LogP contribution in [0, 0.1) is 0 Å². The smallest absolute Gasteiger partial charge is 0.343 e. The molecule has 1 N–H and O–H groups in total. The van der Waals surface area contributed by atoms with Crippen LogP contribution in [0.2, 0.25) is 0 Å². The monoisotopic (exact) mass is 468 g/mol. The predicted molar refractivity (Wildman–Crippen MR) is 135 cm³/mol. The molecule has 4 aromatic carbocycles. The summed E-state index contributed by atoms with van der Waals surface area (Å²) >= 11 is 0. The van der Waals surface area contributed by atoms with E-state index in [1.807, 2.05) is 37.3 Å². The minimum Gasteiger partial charge on any atom is -0.497 e. The topological polar surface area (TPSA) is 86.2 Å². The standard InChI is InChI=1S/C28H24N2O5/c1-3-34-23-15-8-20(9-16-23)27(31)30-29-18-25-24-7-5-4-6-19(24)12-17-26(25)35-28(32)21-10-13-22(33-2)14-11-21/h4-18H,3H2,1-2H3,(H,30,31)/b29-18-. The summed E-state index contributed by atoms with van der Waals surface area (Å²) in [6.45, 7) is 2.44. The summed E-state index contributed by atoms with van der Waals surface area (Å²) in [4.78, 5) is 25.3. The summed E-state index contributed by atoms with van der Waals surface area (Å²) < 4.78 is 16.2. The first kappa shape index (κ1) is 23.5. The van der Waals surface area contributed by atoms with Crippen molar-refractivity contribution in [3.05, 3.63) is 102 Å². The normalized spacial score (nSPS) is 10.8. The lowest BCUT2D eigenvalue weighted by atomic mass is 10.0. The third kappa shape index (κ3) is 5.65. The molecular formula is C28H24N2O5. The molecule has 0 aliphatic rings. The number of methoxy groups -OCH3 is 1. The lowest BCUT2D eigenvalue weighted by Gasteiger charge is -2.11. The van der Waals surface area contributed by atoms with E-state index in [0.717, 1.165) is 10.8 Å². The molecule has 0 bridgehead atoms. The second-order valence-corrected chi connectivity index (χ2v) is 7.47. The number of ether oxygens (including phenoxy) is 3. The predicted octanol–water partition coefficient (Wildman–Crippen LogP) is 5.23. The molecule has 0 saturated carbocycles. The van der Waals surface area contributed by atoms with Crippen LogP contribution in [0.3, 0.4) is 0 Å². The highest BCUT2D eigenvalue weighted by Crippen LogP contribution is 2.27. The van der Waals surface area contributed by atoms with Crippen LogP contribution in [0.15, 0.2) is 90.0 Å². The van der Waals surface area contributed by atoms with Gasteiger partial charge >= 0.3 is 5.97 Å². The van der Waals surface area contributed by atoms with E-state index in [2.05, 4.69) is 10.5 Å². The van der Waals surface area contributed by atoms with E-state index in [4.69, 9.17) is 14.2 Å². The van der Waals surface area contributed by atoms with E-state index in [9.17, 15) is 9.59 Å². The van der Waals surface area contributed by atoms with Gasteiger partial charge < -0.3 is 14.2 Å². The molecule has 0 fully saturated rings. The van der Waals surface area contributed by atoms with Gasteiger partial charge in [-0.15, -0.1) is 0 Å². The summed E-state index contributed by atoms with van der Waals surface area (Å²) in [6.07, 6.45) is 1.48. The Hall–Kier alpha value is -4.65. The van der Waals surface area contributed by atoms with Crippen molar-refractivity contribution in [2.75, 3.05) is 13.7 Å². The first-order chi connectivity index (χ1) is 17.1. The number of hydrogen-bond acceptors (Lipinski definition) is 6. The average molecular weight is 469 g/mol. The number of carbonyl (C=O) groups is 2. The SMILES string of the molecule is CCOc1ccc(C(=O)N/N=C\c2c(OC(=O)c3ccc(OC)cc3)ccc3ccccc23)cc1. The van der Waals surface area contributed by atoms with Crippen molar-refractivity contribution in [1.82, 2.24) is 5.43 Å². The molecule has 0 spiro atoms. The van der Waals surface area contributed by atoms with Gasteiger partial charge in [-0.2, -0.15) is 5.10 Å². The molecule has 7 heteroatoms. The van der Waals surface area contributed by atoms with Gasteiger partial charge in [-0.25, -0.2) is 10.2 Å². The molecule has 1 amide bonds. The van der Waals surface area contributed by atoms with Gasteiger partial charge in [0.25, 0.3) is 5.91 Å². The summed E-state index contributed by atoms with van der Waals surface area (Å²) in [5.41, 5.74) is 3.91. The molecule has 0 unspecified atom stereocenters. The van der Waals surface area contributed by atoms with Crippen molar-refractivity contribution < 1.29 is 23.8 Å². The first-order valence-electron chi connectivity index (χ1n) is 11.0. The number of benzene rings is 4. The number of hydrazone groups is 1. The molecule has 7 nitrogen and oxygen atoms in total. The number of nitrogens with zero attached hydrogens (tertiary/aromatic N) is 1. The van der Waals surface area contributed by atoms with Gasteiger partial charge in [0, 0.05) is 11.1 Å². The third-order valence-electron chi connectivity index (χ3n) is 5.25. The van der Waals surface area contributed by atoms with Gasteiger partial charge in [-0.1, -0.05) is 30.3 Å². The summed E-state index contributed by atoms with van der Waals surface area (Å²) in [5, 5.41) is 5.89. The van der Waals surface area contributed by atoms with Gasteiger partial charge in [-0.3, -0.25) is 4.79 Å². The first-order valence-corrected chi connectivity index (χ1v) is 11.0. The fraction of sp³-hybridized carbons (Fsp3) is 0.107. The van der Waals surface area contributed by atoms with Crippen LogP contribution in [-0.4, -0.2) is 31.8 Å². The lowest BCUT2D eigenvalue weighted by molar-refractivity contribution is 0.0734. The summed E-state index contributed by atoms with van der Waals surface area (Å²) in [6, 6.07) is 24.6. The molecule has 4 aromatic rings. The number of nitrogens with one attached hydrogen (secondary N) is 1. The molecule has 0 saturated heterocycles. The fourth-order valence-corrected chi connectivity index (χ4v) is 3.47. The van der Waals surface area contributed by atoms with Crippen LogP contribution in [0.5, 0.6) is 17.2 Å². The van der Waals surface area contributed by atoms with Crippen molar-refractivity contribution in [1.29, 1.82) is 0 Å². The molecule has 0 aliphatic heterocycles. The second-order valence-electron chi connectivity index (χ2n) is 7.47. The number of esters is 1. The zero-order valence-electron chi connectivity index (χ0n) is 19.4. The molecule has 4 rings (SSSR count). The van der Waals surface area contributed by atoms with E-state index in [-0.39, 0.29) is 5.91 Å². The summed E-state index contributed by atoms with van der Waals surface area (Å²) in [5.74, 6) is 0.760.